The van der Waals surface area contributed by atoms with Crippen LogP contribution in [0.25, 0.3) is 0 Å². The zero-order valence-corrected chi connectivity index (χ0v) is 11.9. The number of carbonyl (C=O) groups is 2. The molecule has 0 saturated carbocycles. The minimum Gasteiger partial charge on any atom is -0.481 e. The lowest BCUT2D eigenvalue weighted by molar-refractivity contribution is -0.142. The minimum atomic E-state index is -0.991. The summed E-state index contributed by atoms with van der Waals surface area (Å²) in [6, 6.07) is 3.08. The number of carboxylic acids is 1. The molecule has 0 bridgehead atoms. The molecule has 0 aromatic heterocycles. The Morgan fingerprint density at radius 1 is 1.40 bits per heavy atom. The molecule has 0 heterocycles. The molecule has 0 radical (unpaired) electrons. The zero-order valence-electron chi connectivity index (χ0n) is 11.1. The highest BCUT2D eigenvalue weighted by Gasteiger charge is 2.22. The maximum atomic E-state index is 13.4. The molecule has 1 aromatic carbocycles. The van der Waals surface area contributed by atoms with Crippen molar-refractivity contribution in [3.63, 3.8) is 0 Å². The molecule has 0 saturated heterocycles. The lowest BCUT2D eigenvalue weighted by Crippen LogP contribution is -2.37. The quantitative estimate of drug-likeness (QED) is 0.782. The maximum absolute atomic E-state index is 13.4. The molecule has 0 aliphatic rings. The Labute approximate surface area is 121 Å². The van der Waals surface area contributed by atoms with E-state index in [0.29, 0.717) is 0 Å². The molecule has 1 rings (SSSR count). The van der Waals surface area contributed by atoms with Crippen LogP contribution in [0.1, 0.15) is 13.8 Å². The summed E-state index contributed by atoms with van der Waals surface area (Å²) in [4.78, 5) is 22.6. The summed E-state index contributed by atoms with van der Waals surface area (Å²) < 4.78 is 13.4. The van der Waals surface area contributed by atoms with Gasteiger partial charge in [0.2, 0.25) is 0 Å². The first-order chi connectivity index (χ1) is 9.31. The van der Waals surface area contributed by atoms with Crippen LogP contribution in [-0.4, -0.2) is 23.7 Å². The van der Waals surface area contributed by atoms with E-state index in [4.69, 9.17) is 16.7 Å². The summed E-state index contributed by atoms with van der Waals surface area (Å²) >= 11 is 5.69. The number of carbonyl (C=O) groups excluding carboxylic acids is 1. The molecule has 0 spiro atoms. The smallest absolute Gasteiger partial charge is 0.319 e. The average Bonchev–Trinajstić information content (AvgIpc) is 2.33. The van der Waals surface area contributed by atoms with Gasteiger partial charge in [-0.25, -0.2) is 9.18 Å². The van der Waals surface area contributed by atoms with Crippen molar-refractivity contribution in [2.24, 2.45) is 11.8 Å². The van der Waals surface area contributed by atoms with E-state index < -0.39 is 23.7 Å². The van der Waals surface area contributed by atoms with E-state index in [2.05, 4.69) is 10.6 Å². The molecule has 20 heavy (non-hydrogen) atoms. The van der Waals surface area contributed by atoms with Crippen molar-refractivity contribution in [2.45, 2.75) is 13.8 Å². The van der Waals surface area contributed by atoms with Gasteiger partial charge in [0.15, 0.2) is 0 Å². The van der Waals surface area contributed by atoms with Crippen LogP contribution >= 0.6 is 11.6 Å². The zero-order chi connectivity index (χ0) is 15.3. The van der Waals surface area contributed by atoms with Crippen LogP contribution in [0.4, 0.5) is 14.9 Å². The molecule has 1 unspecified atom stereocenters. The number of hydrogen-bond donors (Lipinski definition) is 3. The number of rotatable bonds is 5. The Balaban J connectivity index is 2.60. The van der Waals surface area contributed by atoms with Gasteiger partial charge in [-0.3, -0.25) is 4.79 Å². The second-order valence-corrected chi connectivity index (χ2v) is 5.08. The van der Waals surface area contributed by atoms with Gasteiger partial charge in [0.05, 0.1) is 11.6 Å². The van der Waals surface area contributed by atoms with Gasteiger partial charge in [0, 0.05) is 11.6 Å². The molecule has 7 heteroatoms. The molecule has 5 nitrogen and oxygen atoms in total. The van der Waals surface area contributed by atoms with E-state index in [9.17, 15) is 14.0 Å². The van der Waals surface area contributed by atoms with Crippen molar-refractivity contribution in [2.75, 3.05) is 11.9 Å². The molecule has 0 fully saturated rings. The average molecular weight is 303 g/mol. The number of carboxylic acid groups (broad SMARTS) is 1. The topological polar surface area (TPSA) is 78.4 Å². The lowest BCUT2D eigenvalue weighted by atomic mass is 9.96. The van der Waals surface area contributed by atoms with Gasteiger partial charge in [-0.2, -0.15) is 0 Å². The molecule has 0 aliphatic heterocycles. The van der Waals surface area contributed by atoms with Crippen molar-refractivity contribution in [1.82, 2.24) is 5.32 Å². The predicted molar refractivity (Wildman–Crippen MR) is 74.4 cm³/mol. The second kappa shape index (κ2) is 7.09. The summed E-state index contributed by atoms with van der Waals surface area (Å²) in [5, 5.41) is 13.9. The molecule has 1 aromatic rings. The minimum absolute atomic E-state index is 0.0407. The fourth-order valence-corrected chi connectivity index (χ4v) is 1.74. The third-order valence-electron chi connectivity index (χ3n) is 2.78. The summed E-state index contributed by atoms with van der Waals surface area (Å²) in [6.45, 7) is 3.45. The molecular formula is C13H16ClFN2O3. The van der Waals surface area contributed by atoms with Gasteiger partial charge in [0.25, 0.3) is 0 Å². The summed E-state index contributed by atoms with van der Waals surface area (Å²) in [5.74, 6) is -2.45. The van der Waals surface area contributed by atoms with Crippen molar-refractivity contribution in [1.29, 1.82) is 0 Å². The second-order valence-electron chi connectivity index (χ2n) is 4.65. The third kappa shape index (κ3) is 4.70. The van der Waals surface area contributed by atoms with Gasteiger partial charge in [-0.15, -0.1) is 0 Å². The van der Waals surface area contributed by atoms with Gasteiger partial charge in [0.1, 0.15) is 5.82 Å². The van der Waals surface area contributed by atoms with Crippen molar-refractivity contribution in [3.8, 4) is 0 Å². The largest absolute Gasteiger partial charge is 0.481 e. The standard InChI is InChI=1S/C13H16ClFN2O3/c1-7(2)9(12(18)19)6-16-13(20)17-11-5-8(14)3-4-10(11)15/h3-5,7,9H,6H2,1-2H3,(H,18,19)(H2,16,17,20). The summed E-state index contributed by atoms with van der Waals surface area (Å²) in [5.41, 5.74) is -0.0635. The van der Waals surface area contributed by atoms with Crippen molar-refractivity contribution < 1.29 is 19.1 Å². The fraction of sp³-hybridized carbons (Fsp3) is 0.385. The highest BCUT2D eigenvalue weighted by molar-refractivity contribution is 6.30. The monoisotopic (exact) mass is 302 g/mol. The lowest BCUT2D eigenvalue weighted by Gasteiger charge is -2.17. The number of aliphatic carboxylic acids is 1. The molecule has 110 valence electrons. The maximum Gasteiger partial charge on any atom is 0.319 e. The van der Waals surface area contributed by atoms with Crippen molar-refractivity contribution >= 4 is 29.3 Å². The van der Waals surface area contributed by atoms with Crippen LogP contribution in [0.15, 0.2) is 18.2 Å². The highest BCUT2D eigenvalue weighted by Crippen LogP contribution is 2.19. The molecule has 3 N–H and O–H groups in total. The Kier molecular flexibility index (Phi) is 5.76. The van der Waals surface area contributed by atoms with E-state index in [1.807, 2.05) is 0 Å². The first kappa shape index (κ1) is 16.2. The number of hydrogen-bond acceptors (Lipinski definition) is 2. The predicted octanol–water partition coefficient (Wildman–Crippen LogP) is 2.96. The van der Waals surface area contributed by atoms with E-state index >= 15 is 0 Å². The number of anilines is 1. The SMILES string of the molecule is CC(C)C(CNC(=O)Nc1cc(Cl)ccc1F)C(=O)O. The van der Waals surface area contributed by atoms with E-state index in [1.54, 1.807) is 13.8 Å². The number of nitrogens with one attached hydrogen (secondary N) is 2. The van der Waals surface area contributed by atoms with Crippen molar-refractivity contribution in [3.05, 3.63) is 29.0 Å². The Morgan fingerprint density at radius 3 is 2.60 bits per heavy atom. The highest BCUT2D eigenvalue weighted by atomic mass is 35.5. The Hall–Kier alpha value is -1.82. The van der Waals surface area contributed by atoms with Crippen LogP contribution in [0.3, 0.4) is 0 Å². The Morgan fingerprint density at radius 2 is 2.05 bits per heavy atom. The first-order valence-corrected chi connectivity index (χ1v) is 6.41. The Bertz CT molecular complexity index is 508. The normalized spacial score (nSPS) is 12.1. The number of benzene rings is 1. The van der Waals surface area contributed by atoms with Gasteiger partial charge >= 0.3 is 12.0 Å². The van der Waals surface area contributed by atoms with E-state index in [-0.39, 0.29) is 23.2 Å². The van der Waals surface area contributed by atoms with Gasteiger partial charge in [-0.05, 0) is 24.1 Å². The van der Waals surface area contributed by atoms with Crippen LogP contribution < -0.4 is 10.6 Å². The number of halogens is 2. The van der Waals surface area contributed by atoms with E-state index in [1.165, 1.54) is 12.1 Å². The van der Waals surface area contributed by atoms with E-state index in [0.717, 1.165) is 6.07 Å². The summed E-state index contributed by atoms with van der Waals surface area (Å²) in [6.07, 6.45) is 0. The van der Waals surface area contributed by atoms with Crippen LogP contribution in [-0.2, 0) is 4.79 Å². The number of amides is 2. The molecule has 2 amide bonds. The first-order valence-electron chi connectivity index (χ1n) is 6.04. The van der Waals surface area contributed by atoms with Crippen LogP contribution in [0.5, 0.6) is 0 Å². The van der Waals surface area contributed by atoms with Gasteiger partial charge < -0.3 is 15.7 Å². The fourth-order valence-electron chi connectivity index (χ4n) is 1.57. The third-order valence-corrected chi connectivity index (χ3v) is 3.02. The number of urea groups is 1. The molecule has 0 aliphatic carbocycles. The van der Waals surface area contributed by atoms with Gasteiger partial charge in [-0.1, -0.05) is 25.4 Å². The summed E-state index contributed by atoms with van der Waals surface area (Å²) in [7, 11) is 0. The van der Waals surface area contributed by atoms with Crippen LogP contribution in [0.2, 0.25) is 5.02 Å². The molecular weight excluding hydrogens is 287 g/mol. The van der Waals surface area contributed by atoms with Crippen LogP contribution in [0, 0.1) is 17.7 Å². The molecule has 1 atom stereocenters.